The topological polar surface area (TPSA) is 92.7 Å². The van der Waals surface area contributed by atoms with Gasteiger partial charge in [0.25, 0.3) is 5.91 Å². The summed E-state index contributed by atoms with van der Waals surface area (Å²) in [5.41, 5.74) is 0.341. The normalized spacial score (nSPS) is 18.4. The number of anilines is 1. The Bertz CT molecular complexity index is 596. The summed E-state index contributed by atoms with van der Waals surface area (Å²) in [7, 11) is -3.32. The number of benzene rings is 1. The third-order valence-corrected chi connectivity index (χ3v) is 4.63. The van der Waals surface area contributed by atoms with Crippen LogP contribution in [-0.4, -0.2) is 37.9 Å². The Hall–Kier alpha value is -1.60. The lowest BCUT2D eigenvalue weighted by molar-refractivity contribution is -0.124. The minimum Gasteiger partial charge on any atom is -0.478 e. The molecule has 1 heterocycles. The molecule has 0 unspecified atom stereocenters. The highest BCUT2D eigenvalue weighted by Gasteiger charge is 2.28. The van der Waals surface area contributed by atoms with E-state index in [0.29, 0.717) is 11.4 Å². The Morgan fingerprint density at radius 1 is 1.42 bits per heavy atom. The fourth-order valence-corrected chi connectivity index (χ4v) is 2.70. The molecule has 1 aliphatic heterocycles. The second kappa shape index (κ2) is 5.18. The van der Waals surface area contributed by atoms with E-state index in [4.69, 9.17) is 9.84 Å². The summed E-state index contributed by atoms with van der Waals surface area (Å²) >= 11 is 0. The maximum Gasteiger partial charge on any atom is 0.265 e. The van der Waals surface area contributed by atoms with E-state index in [2.05, 4.69) is 5.32 Å². The number of hydrogen-bond donors (Lipinski definition) is 2. The van der Waals surface area contributed by atoms with E-state index in [9.17, 15) is 13.2 Å². The maximum absolute atomic E-state index is 11.7. The number of nitrogens with one attached hydrogen (secondary N) is 1. The van der Waals surface area contributed by atoms with Crippen LogP contribution in [0.5, 0.6) is 5.75 Å². The Labute approximate surface area is 111 Å². The molecule has 7 heteroatoms. The van der Waals surface area contributed by atoms with Gasteiger partial charge in [0, 0.05) is 13.0 Å². The molecular weight excluding hydrogens is 270 g/mol. The van der Waals surface area contributed by atoms with Gasteiger partial charge in [0.1, 0.15) is 5.75 Å². The van der Waals surface area contributed by atoms with Crippen LogP contribution in [0, 0.1) is 0 Å². The first-order valence-corrected chi connectivity index (χ1v) is 7.58. The predicted molar refractivity (Wildman–Crippen MR) is 68.9 cm³/mol. The molecule has 1 aromatic rings. The van der Waals surface area contributed by atoms with Crippen molar-refractivity contribution in [2.24, 2.45) is 0 Å². The fourth-order valence-electron chi connectivity index (χ4n) is 1.80. The molecule has 2 N–H and O–H groups in total. The van der Waals surface area contributed by atoms with Gasteiger partial charge in [-0.3, -0.25) is 4.79 Å². The molecule has 0 bridgehead atoms. The van der Waals surface area contributed by atoms with Crippen LogP contribution in [0.4, 0.5) is 5.69 Å². The minimum absolute atomic E-state index is 0.00622. The lowest BCUT2D eigenvalue weighted by Crippen LogP contribution is -2.37. The van der Waals surface area contributed by atoms with E-state index >= 15 is 0 Å². The summed E-state index contributed by atoms with van der Waals surface area (Å²) in [6.07, 6.45) is -0.550. The SMILES string of the molecule is CCS(=O)(=O)c1ccc2c(c1)NC(=O)[C@@H](CCO)O2. The van der Waals surface area contributed by atoms with Gasteiger partial charge in [-0.25, -0.2) is 8.42 Å². The number of aliphatic hydroxyl groups is 1. The Balaban J connectivity index is 2.34. The molecule has 0 spiro atoms. The van der Waals surface area contributed by atoms with Gasteiger partial charge < -0.3 is 15.2 Å². The van der Waals surface area contributed by atoms with Gasteiger partial charge in [-0.1, -0.05) is 6.92 Å². The lowest BCUT2D eigenvalue weighted by Gasteiger charge is -2.25. The molecule has 0 saturated carbocycles. The quantitative estimate of drug-likeness (QED) is 0.843. The number of carbonyl (C=O) groups is 1. The summed E-state index contributed by atoms with van der Waals surface area (Å²) in [4.78, 5) is 11.8. The number of amides is 1. The van der Waals surface area contributed by atoms with Crippen LogP contribution in [0.25, 0.3) is 0 Å². The zero-order chi connectivity index (χ0) is 14.0. The molecule has 1 aromatic carbocycles. The molecule has 1 aliphatic rings. The molecular formula is C12H15NO5S. The van der Waals surface area contributed by atoms with E-state index in [1.54, 1.807) is 6.92 Å². The highest BCUT2D eigenvalue weighted by molar-refractivity contribution is 7.91. The maximum atomic E-state index is 11.7. The number of carbonyl (C=O) groups excluding carboxylic acids is 1. The van der Waals surface area contributed by atoms with Crippen molar-refractivity contribution in [3.8, 4) is 5.75 Å². The zero-order valence-corrected chi connectivity index (χ0v) is 11.2. The van der Waals surface area contributed by atoms with Gasteiger partial charge in [-0.2, -0.15) is 0 Å². The van der Waals surface area contributed by atoms with Crippen LogP contribution in [0.15, 0.2) is 23.1 Å². The standard InChI is InChI=1S/C12H15NO5S/c1-2-19(16,17)8-3-4-10-9(7-8)13-12(15)11(18-10)5-6-14/h3-4,7,11,14H,2,5-6H2,1H3,(H,13,15)/t11-/m1/s1. The van der Waals surface area contributed by atoms with Gasteiger partial charge in [-0.05, 0) is 18.2 Å². The second-order valence-electron chi connectivity index (χ2n) is 4.17. The molecule has 0 aromatic heterocycles. The van der Waals surface area contributed by atoms with Crippen molar-refractivity contribution < 1.29 is 23.1 Å². The van der Waals surface area contributed by atoms with E-state index in [0.717, 1.165) is 0 Å². The van der Waals surface area contributed by atoms with Crippen LogP contribution in [0.2, 0.25) is 0 Å². The van der Waals surface area contributed by atoms with Crippen LogP contribution in [-0.2, 0) is 14.6 Å². The molecule has 0 radical (unpaired) electrons. The Morgan fingerprint density at radius 2 is 2.16 bits per heavy atom. The van der Waals surface area contributed by atoms with Crippen molar-refractivity contribution in [3.63, 3.8) is 0 Å². The van der Waals surface area contributed by atoms with Crippen LogP contribution in [0.1, 0.15) is 13.3 Å². The van der Waals surface area contributed by atoms with Gasteiger partial charge in [-0.15, -0.1) is 0 Å². The van der Waals surface area contributed by atoms with Gasteiger partial charge in [0.15, 0.2) is 15.9 Å². The number of aliphatic hydroxyl groups excluding tert-OH is 1. The number of hydrogen-bond acceptors (Lipinski definition) is 5. The van der Waals surface area contributed by atoms with Crippen molar-refractivity contribution in [2.75, 3.05) is 17.7 Å². The van der Waals surface area contributed by atoms with E-state index in [1.165, 1.54) is 18.2 Å². The fraction of sp³-hybridized carbons (Fsp3) is 0.417. The monoisotopic (exact) mass is 285 g/mol. The first-order valence-electron chi connectivity index (χ1n) is 5.93. The highest BCUT2D eigenvalue weighted by Crippen LogP contribution is 2.32. The summed E-state index contributed by atoms with van der Waals surface area (Å²) < 4.78 is 28.9. The first-order chi connectivity index (χ1) is 8.97. The van der Waals surface area contributed by atoms with Gasteiger partial charge in [0.2, 0.25) is 0 Å². The average molecular weight is 285 g/mol. The summed E-state index contributed by atoms with van der Waals surface area (Å²) in [5.74, 6) is 0.0222. The third-order valence-electron chi connectivity index (χ3n) is 2.90. The summed E-state index contributed by atoms with van der Waals surface area (Å²) in [5, 5.41) is 11.4. The van der Waals surface area contributed by atoms with Crippen LogP contribution < -0.4 is 10.1 Å². The minimum atomic E-state index is -3.32. The molecule has 0 aliphatic carbocycles. The predicted octanol–water partition coefficient (Wildman–Crippen LogP) is 0.562. The summed E-state index contributed by atoms with van der Waals surface area (Å²) in [6, 6.07) is 4.36. The molecule has 0 saturated heterocycles. The molecule has 1 amide bonds. The average Bonchev–Trinajstić information content (AvgIpc) is 2.39. The van der Waals surface area contributed by atoms with Crippen molar-refractivity contribution in [1.82, 2.24) is 0 Å². The van der Waals surface area contributed by atoms with Crippen molar-refractivity contribution in [3.05, 3.63) is 18.2 Å². The van der Waals surface area contributed by atoms with Crippen molar-refractivity contribution in [1.29, 1.82) is 0 Å². The van der Waals surface area contributed by atoms with Gasteiger partial charge in [0.05, 0.1) is 16.3 Å². The van der Waals surface area contributed by atoms with E-state index < -0.39 is 15.9 Å². The second-order valence-corrected chi connectivity index (χ2v) is 6.45. The van der Waals surface area contributed by atoms with E-state index in [-0.39, 0.29) is 29.6 Å². The highest BCUT2D eigenvalue weighted by atomic mass is 32.2. The van der Waals surface area contributed by atoms with Crippen LogP contribution in [0.3, 0.4) is 0 Å². The zero-order valence-electron chi connectivity index (χ0n) is 10.4. The Kier molecular flexibility index (Phi) is 3.77. The number of fused-ring (bicyclic) bond motifs is 1. The molecule has 19 heavy (non-hydrogen) atoms. The van der Waals surface area contributed by atoms with Crippen LogP contribution >= 0.6 is 0 Å². The van der Waals surface area contributed by atoms with Crippen molar-refractivity contribution in [2.45, 2.75) is 24.3 Å². The largest absolute Gasteiger partial charge is 0.478 e. The number of sulfone groups is 1. The van der Waals surface area contributed by atoms with Gasteiger partial charge >= 0.3 is 0 Å². The molecule has 104 valence electrons. The summed E-state index contributed by atoms with van der Waals surface area (Å²) in [6.45, 7) is 1.40. The number of rotatable bonds is 4. The Morgan fingerprint density at radius 3 is 2.79 bits per heavy atom. The van der Waals surface area contributed by atoms with E-state index in [1.807, 2.05) is 0 Å². The lowest BCUT2D eigenvalue weighted by atomic mass is 10.2. The smallest absolute Gasteiger partial charge is 0.265 e. The third kappa shape index (κ3) is 2.71. The molecule has 0 fully saturated rings. The molecule has 1 atom stereocenters. The number of ether oxygens (including phenoxy) is 1. The molecule has 2 rings (SSSR count). The molecule has 6 nitrogen and oxygen atoms in total. The first kappa shape index (κ1) is 13.8. The van der Waals surface area contributed by atoms with Crippen molar-refractivity contribution >= 4 is 21.4 Å².